The van der Waals surface area contributed by atoms with E-state index in [0.717, 1.165) is 41.8 Å². The number of nitrogens with one attached hydrogen (secondary N) is 1. The maximum absolute atomic E-state index is 3.47. The zero-order valence-electron chi connectivity index (χ0n) is 18.1. The predicted octanol–water partition coefficient (Wildman–Crippen LogP) is 4.15. The molecule has 4 rings (SSSR count). The average Bonchev–Trinajstić information content (AvgIpc) is 3.07. The highest BCUT2D eigenvalue weighted by molar-refractivity contribution is 5.07. The monoisotopic (exact) mass is 373 g/mol. The summed E-state index contributed by atoms with van der Waals surface area (Å²) < 4.78 is 0. The van der Waals surface area contributed by atoms with Crippen molar-refractivity contribution in [3.05, 3.63) is 12.2 Å². The Balaban J connectivity index is 1.30. The highest BCUT2D eigenvalue weighted by Gasteiger charge is 2.44. The Labute approximate surface area is 167 Å². The van der Waals surface area contributed by atoms with Crippen LogP contribution in [0.4, 0.5) is 0 Å². The number of fused-ring (bicyclic) bond motifs is 1. The van der Waals surface area contributed by atoms with E-state index in [1.54, 1.807) is 0 Å². The lowest BCUT2D eigenvalue weighted by molar-refractivity contribution is 0.0509. The fourth-order valence-electron chi connectivity index (χ4n) is 6.86. The van der Waals surface area contributed by atoms with E-state index in [2.05, 4.69) is 48.2 Å². The largest absolute Gasteiger partial charge is 0.319 e. The van der Waals surface area contributed by atoms with Gasteiger partial charge in [0, 0.05) is 24.7 Å². The number of rotatable bonds is 5. The molecule has 0 spiro atoms. The van der Waals surface area contributed by atoms with Gasteiger partial charge in [0.15, 0.2) is 0 Å². The van der Waals surface area contributed by atoms with Gasteiger partial charge in [0.1, 0.15) is 0 Å². The van der Waals surface area contributed by atoms with Crippen molar-refractivity contribution < 1.29 is 0 Å². The van der Waals surface area contributed by atoms with Crippen LogP contribution in [0.3, 0.4) is 0 Å². The van der Waals surface area contributed by atoms with Crippen molar-refractivity contribution >= 4 is 0 Å². The number of hydrogen-bond acceptors (Lipinski definition) is 3. The zero-order valence-corrected chi connectivity index (χ0v) is 18.1. The second kappa shape index (κ2) is 8.97. The third-order valence-corrected chi connectivity index (χ3v) is 8.56. The van der Waals surface area contributed by atoms with Crippen molar-refractivity contribution in [3.8, 4) is 0 Å². The second-order valence-electron chi connectivity index (χ2n) is 10.3. The van der Waals surface area contributed by atoms with Gasteiger partial charge in [-0.05, 0) is 102 Å². The van der Waals surface area contributed by atoms with Gasteiger partial charge < -0.3 is 10.2 Å². The number of likely N-dealkylation sites (tertiary alicyclic amines) is 2. The molecular weight excluding hydrogens is 330 g/mol. The van der Waals surface area contributed by atoms with Crippen molar-refractivity contribution in [1.82, 2.24) is 15.1 Å². The molecule has 0 radical (unpaired) electrons. The van der Waals surface area contributed by atoms with Crippen molar-refractivity contribution in [2.75, 3.05) is 33.2 Å². The van der Waals surface area contributed by atoms with Gasteiger partial charge in [-0.2, -0.15) is 0 Å². The maximum Gasteiger partial charge on any atom is 0.0168 e. The summed E-state index contributed by atoms with van der Waals surface area (Å²) in [5, 5.41) is 3.47. The lowest BCUT2D eigenvalue weighted by Gasteiger charge is -2.44. The molecule has 3 heteroatoms. The molecule has 3 atom stereocenters. The summed E-state index contributed by atoms with van der Waals surface area (Å²) in [6, 6.07) is 2.56. The van der Waals surface area contributed by atoms with Gasteiger partial charge in [-0.3, -0.25) is 4.90 Å². The van der Waals surface area contributed by atoms with Gasteiger partial charge in [-0.1, -0.05) is 26.0 Å². The normalized spacial score (nSPS) is 39.2. The van der Waals surface area contributed by atoms with E-state index in [9.17, 15) is 0 Å². The number of piperidine rings is 1. The van der Waals surface area contributed by atoms with E-state index in [0.29, 0.717) is 0 Å². The molecule has 2 saturated heterocycles. The highest BCUT2D eigenvalue weighted by Crippen LogP contribution is 2.40. The molecule has 1 saturated carbocycles. The van der Waals surface area contributed by atoms with E-state index in [-0.39, 0.29) is 0 Å². The summed E-state index contributed by atoms with van der Waals surface area (Å²) >= 11 is 0. The Morgan fingerprint density at radius 3 is 2.30 bits per heavy atom. The first-order chi connectivity index (χ1) is 13.2. The molecule has 0 aromatic carbocycles. The van der Waals surface area contributed by atoms with Gasteiger partial charge >= 0.3 is 0 Å². The van der Waals surface area contributed by atoms with E-state index in [1.807, 2.05) is 0 Å². The molecule has 1 N–H and O–H groups in total. The predicted molar refractivity (Wildman–Crippen MR) is 115 cm³/mol. The highest BCUT2D eigenvalue weighted by atomic mass is 15.3. The van der Waals surface area contributed by atoms with Crippen LogP contribution in [0.2, 0.25) is 0 Å². The summed E-state index contributed by atoms with van der Waals surface area (Å²) in [7, 11) is 2.13. The molecule has 4 aliphatic rings. The van der Waals surface area contributed by atoms with Gasteiger partial charge in [0.05, 0.1) is 0 Å². The van der Waals surface area contributed by atoms with Crippen molar-refractivity contribution in [2.45, 2.75) is 83.3 Å². The summed E-state index contributed by atoms with van der Waals surface area (Å²) in [5.74, 6) is 3.62. The maximum atomic E-state index is 3.47. The molecule has 0 bridgehead atoms. The topological polar surface area (TPSA) is 18.5 Å². The lowest BCUT2D eigenvalue weighted by atomic mass is 9.79. The zero-order chi connectivity index (χ0) is 18.8. The van der Waals surface area contributed by atoms with Crippen LogP contribution in [0.25, 0.3) is 0 Å². The summed E-state index contributed by atoms with van der Waals surface area (Å²) in [6.45, 7) is 10.1. The first kappa shape index (κ1) is 19.9. The van der Waals surface area contributed by atoms with Crippen LogP contribution in [-0.2, 0) is 0 Å². The Kier molecular flexibility index (Phi) is 6.61. The fraction of sp³-hybridized carbons (Fsp3) is 0.917. The van der Waals surface area contributed by atoms with Crippen LogP contribution in [0, 0.1) is 23.7 Å². The molecule has 3 unspecified atom stereocenters. The molecule has 154 valence electrons. The minimum atomic E-state index is 0.825. The van der Waals surface area contributed by atoms with Crippen LogP contribution in [-0.4, -0.2) is 61.2 Å². The second-order valence-corrected chi connectivity index (χ2v) is 10.3. The molecule has 2 aliphatic carbocycles. The van der Waals surface area contributed by atoms with Crippen molar-refractivity contribution in [3.63, 3.8) is 0 Å². The first-order valence-electron chi connectivity index (χ1n) is 12.0. The molecule has 2 aliphatic heterocycles. The Morgan fingerprint density at radius 1 is 0.926 bits per heavy atom. The first-order valence-corrected chi connectivity index (χ1v) is 12.0. The minimum Gasteiger partial charge on any atom is -0.319 e. The van der Waals surface area contributed by atoms with E-state index >= 15 is 0 Å². The van der Waals surface area contributed by atoms with Gasteiger partial charge in [0.2, 0.25) is 0 Å². The smallest absolute Gasteiger partial charge is 0.0168 e. The summed E-state index contributed by atoms with van der Waals surface area (Å²) in [4.78, 5) is 5.82. The third-order valence-electron chi connectivity index (χ3n) is 8.56. The summed E-state index contributed by atoms with van der Waals surface area (Å²) in [6.07, 6.45) is 16.2. The standard InChI is InChI=1S/C24H43N3/c1-18(2)19-8-10-21(11-9-19)26-14-12-22(13-15-26)27-17-20(16-25-3)23-6-4-5-7-24(23)27/h4-5,18-25H,6-17H2,1-3H3. The molecule has 0 aromatic rings. The van der Waals surface area contributed by atoms with E-state index in [1.165, 1.54) is 77.5 Å². The van der Waals surface area contributed by atoms with E-state index < -0.39 is 0 Å². The average molecular weight is 374 g/mol. The molecule has 27 heavy (non-hydrogen) atoms. The third kappa shape index (κ3) is 4.31. The number of hydrogen-bond donors (Lipinski definition) is 1. The van der Waals surface area contributed by atoms with E-state index in [4.69, 9.17) is 0 Å². The fourth-order valence-corrected chi connectivity index (χ4v) is 6.86. The molecule has 0 aromatic heterocycles. The van der Waals surface area contributed by atoms with Crippen LogP contribution in [0.15, 0.2) is 12.2 Å². The van der Waals surface area contributed by atoms with Crippen LogP contribution in [0.1, 0.15) is 65.2 Å². The Hall–Kier alpha value is -0.380. The van der Waals surface area contributed by atoms with Gasteiger partial charge in [-0.15, -0.1) is 0 Å². The Morgan fingerprint density at radius 2 is 1.63 bits per heavy atom. The van der Waals surface area contributed by atoms with Crippen molar-refractivity contribution in [1.29, 1.82) is 0 Å². The molecule has 3 nitrogen and oxygen atoms in total. The van der Waals surface area contributed by atoms with Gasteiger partial charge in [0.25, 0.3) is 0 Å². The SMILES string of the molecule is CNCC1CN(C2CCN(C3CCC(C(C)C)CC3)CC2)C2CC=CCC12. The molecule has 0 amide bonds. The van der Waals surface area contributed by atoms with Crippen molar-refractivity contribution in [2.24, 2.45) is 23.7 Å². The molecule has 2 heterocycles. The van der Waals surface area contributed by atoms with Gasteiger partial charge in [-0.25, -0.2) is 0 Å². The van der Waals surface area contributed by atoms with Crippen LogP contribution < -0.4 is 5.32 Å². The molecular formula is C24H43N3. The molecule has 3 fully saturated rings. The quantitative estimate of drug-likeness (QED) is 0.730. The minimum absolute atomic E-state index is 0.825. The lowest BCUT2D eigenvalue weighted by Crippen LogP contribution is -2.50. The summed E-state index contributed by atoms with van der Waals surface area (Å²) in [5.41, 5.74) is 0. The number of allylic oxidation sites excluding steroid dienone is 1. The van der Waals surface area contributed by atoms with Crippen LogP contribution in [0.5, 0.6) is 0 Å². The van der Waals surface area contributed by atoms with Crippen LogP contribution >= 0.6 is 0 Å². The number of nitrogens with zero attached hydrogens (tertiary/aromatic N) is 2. The Bertz CT molecular complexity index is 486.